The van der Waals surface area contributed by atoms with Gasteiger partial charge in [-0.3, -0.25) is 14.9 Å². The molecule has 6 nitrogen and oxygen atoms in total. The number of hydrogen-bond acceptors (Lipinski definition) is 3. The van der Waals surface area contributed by atoms with Gasteiger partial charge < -0.3 is 4.57 Å². The van der Waals surface area contributed by atoms with Gasteiger partial charge in [-0.25, -0.2) is 9.69 Å². The number of urea groups is 1. The second-order valence-corrected chi connectivity index (χ2v) is 9.03. The number of carbonyl (C=O) groups excluding carboxylic acids is 3. The highest BCUT2D eigenvalue weighted by Crippen LogP contribution is 2.28. The number of barbiturate groups is 1. The molecule has 1 N–H and O–H groups in total. The number of amides is 4. The fourth-order valence-corrected chi connectivity index (χ4v) is 4.65. The Morgan fingerprint density at radius 2 is 1.60 bits per heavy atom. The summed E-state index contributed by atoms with van der Waals surface area (Å²) in [5.74, 6) is -1.38. The fraction of sp³-hybridized carbons (Fsp3) is 0.107. The Bertz CT molecular complexity index is 1530. The van der Waals surface area contributed by atoms with E-state index in [2.05, 4.69) is 5.32 Å². The largest absolute Gasteiger partial charge is 0.342 e. The Morgan fingerprint density at radius 1 is 0.914 bits per heavy atom. The molecule has 0 radical (unpaired) electrons. The summed E-state index contributed by atoms with van der Waals surface area (Å²) in [6, 6.07) is 20.0. The monoisotopic (exact) mass is 483 g/mol. The topological polar surface area (TPSA) is 71.4 Å². The Balaban J connectivity index is 1.59. The Kier molecular flexibility index (Phi) is 5.75. The van der Waals surface area contributed by atoms with Crippen molar-refractivity contribution in [3.63, 3.8) is 0 Å². The van der Waals surface area contributed by atoms with Crippen LogP contribution in [0.3, 0.4) is 0 Å². The van der Waals surface area contributed by atoms with Crippen LogP contribution >= 0.6 is 11.6 Å². The third-order valence-electron chi connectivity index (χ3n) is 5.98. The van der Waals surface area contributed by atoms with E-state index in [-0.39, 0.29) is 5.57 Å². The molecule has 0 unspecified atom stereocenters. The molecular formula is C28H22ClN3O3. The number of nitrogens with one attached hydrogen (secondary N) is 1. The van der Waals surface area contributed by atoms with Crippen LogP contribution in [-0.4, -0.2) is 22.4 Å². The predicted octanol–water partition coefficient (Wildman–Crippen LogP) is 5.63. The van der Waals surface area contributed by atoms with Crippen LogP contribution in [0.4, 0.5) is 10.5 Å². The van der Waals surface area contributed by atoms with Gasteiger partial charge in [0.15, 0.2) is 0 Å². The first-order chi connectivity index (χ1) is 16.8. The summed E-state index contributed by atoms with van der Waals surface area (Å²) in [4.78, 5) is 39.8. The number of hydrogen-bond donors (Lipinski definition) is 1. The lowest BCUT2D eigenvalue weighted by atomic mass is 10.0. The van der Waals surface area contributed by atoms with E-state index in [4.69, 9.17) is 11.6 Å². The number of halogens is 1. The number of imide groups is 2. The molecule has 1 aliphatic heterocycles. The van der Waals surface area contributed by atoms with Gasteiger partial charge in [-0.15, -0.1) is 0 Å². The number of anilines is 1. The minimum Gasteiger partial charge on any atom is -0.342 e. The molecule has 0 bridgehead atoms. The van der Waals surface area contributed by atoms with Crippen LogP contribution in [-0.2, 0) is 16.1 Å². The molecule has 0 atom stereocenters. The van der Waals surface area contributed by atoms with Crippen molar-refractivity contribution in [1.29, 1.82) is 0 Å². The molecule has 1 saturated heterocycles. The van der Waals surface area contributed by atoms with Gasteiger partial charge in [-0.1, -0.05) is 54.1 Å². The first-order valence-electron chi connectivity index (χ1n) is 11.1. The maximum atomic E-state index is 13.4. The van der Waals surface area contributed by atoms with E-state index in [1.807, 2.05) is 79.2 Å². The molecule has 0 aliphatic carbocycles. The number of benzene rings is 3. The maximum Gasteiger partial charge on any atom is 0.335 e. The average Bonchev–Trinajstić information content (AvgIpc) is 3.15. The lowest BCUT2D eigenvalue weighted by molar-refractivity contribution is -0.122. The zero-order chi connectivity index (χ0) is 24.7. The third-order valence-corrected chi connectivity index (χ3v) is 6.35. The molecule has 1 aliphatic rings. The van der Waals surface area contributed by atoms with E-state index in [0.29, 0.717) is 22.8 Å². The van der Waals surface area contributed by atoms with E-state index >= 15 is 0 Å². The van der Waals surface area contributed by atoms with Gasteiger partial charge in [0, 0.05) is 34.2 Å². The molecule has 7 heteroatoms. The summed E-state index contributed by atoms with van der Waals surface area (Å²) >= 11 is 6.38. The molecule has 4 aromatic rings. The summed E-state index contributed by atoms with van der Waals surface area (Å²) in [6.07, 6.45) is 3.43. The van der Waals surface area contributed by atoms with Crippen molar-refractivity contribution in [3.05, 3.63) is 106 Å². The van der Waals surface area contributed by atoms with Gasteiger partial charge in [-0.2, -0.15) is 0 Å². The summed E-state index contributed by atoms with van der Waals surface area (Å²) < 4.78 is 2.03. The zero-order valence-corrected chi connectivity index (χ0v) is 20.0. The molecule has 1 aromatic heterocycles. The van der Waals surface area contributed by atoms with Crippen molar-refractivity contribution in [3.8, 4) is 0 Å². The van der Waals surface area contributed by atoms with Crippen LogP contribution in [0, 0.1) is 13.8 Å². The molecule has 3 aromatic carbocycles. The van der Waals surface area contributed by atoms with Crippen molar-refractivity contribution in [2.24, 2.45) is 0 Å². The fourth-order valence-electron chi connectivity index (χ4n) is 4.46. The number of rotatable bonds is 4. The van der Waals surface area contributed by atoms with Gasteiger partial charge in [-0.05, 0) is 60.9 Å². The first-order valence-corrected chi connectivity index (χ1v) is 11.5. The smallest absolute Gasteiger partial charge is 0.335 e. The zero-order valence-electron chi connectivity index (χ0n) is 19.2. The summed E-state index contributed by atoms with van der Waals surface area (Å²) in [6.45, 7) is 4.30. The van der Waals surface area contributed by atoms with E-state index in [1.54, 1.807) is 18.2 Å². The summed E-state index contributed by atoms with van der Waals surface area (Å²) in [5.41, 5.74) is 4.71. The van der Waals surface area contributed by atoms with Crippen LogP contribution in [0.15, 0.2) is 78.5 Å². The van der Waals surface area contributed by atoms with Crippen molar-refractivity contribution < 1.29 is 14.4 Å². The van der Waals surface area contributed by atoms with E-state index < -0.39 is 17.8 Å². The quantitative estimate of drug-likeness (QED) is 0.302. The Morgan fingerprint density at radius 3 is 2.34 bits per heavy atom. The lowest BCUT2D eigenvalue weighted by Crippen LogP contribution is -2.54. The number of fused-ring (bicyclic) bond motifs is 1. The lowest BCUT2D eigenvalue weighted by Gasteiger charge is -2.26. The van der Waals surface area contributed by atoms with Crippen molar-refractivity contribution >= 4 is 52.1 Å². The van der Waals surface area contributed by atoms with Crippen molar-refractivity contribution in [2.45, 2.75) is 20.4 Å². The summed E-state index contributed by atoms with van der Waals surface area (Å²) in [5, 5.41) is 3.84. The van der Waals surface area contributed by atoms with E-state index in [9.17, 15) is 14.4 Å². The van der Waals surface area contributed by atoms with Crippen LogP contribution in [0.5, 0.6) is 0 Å². The molecule has 35 heavy (non-hydrogen) atoms. The molecule has 0 spiro atoms. The SMILES string of the molecule is Cc1cc(C)cc(N2C(=O)NC(=O)/C(=C\c3cn(Cc4ccccc4Cl)c4ccccc34)C2=O)c1. The van der Waals surface area contributed by atoms with Gasteiger partial charge >= 0.3 is 6.03 Å². The van der Waals surface area contributed by atoms with E-state index in [1.165, 1.54) is 0 Å². The second-order valence-electron chi connectivity index (χ2n) is 8.62. The van der Waals surface area contributed by atoms with Gasteiger partial charge in [0.05, 0.1) is 5.69 Å². The Labute approximate surface area is 207 Å². The van der Waals surface area contributed by atoms with Gasteiger partial charge in [0.1, 0.15) is 5.57 Å². The molecule has 0 saturated carbocycles. The molecule has 1 fully saturated rings. The molecule has 5 rings (SSSR count). The number of nitrogens with zero attached hydrogens (tertiary/aromatic N) is 2. The maximum absolute atomic E-state index is 13.4. The normalized spacial score (nSPS) is 15.2. The standard InChI is InChI=1S/C28H22ClN3O3/c1-17-11-18(2)13-21(12-17)32-27(34)23(26(33)30-28(32)35)14-20-16-31(25-10-6-4-8-22(20)25)15-19-7-3-5-9-24(19)29/h3-14,16H,15H2,1-2H3,(H,30,33,35)/b23-14+. The molecular weight excluding hydrogens is 462 g/mol. The number of carbonyl (C=O) groups is 3. The van der Waals surface area contributed by atoms with Gasteiger partial charge in [0.25, 0.3) is 11.8 Å². The molecule has 174 valence electrons. The predicted molar refractivity (Wildman–Crippen MR) is 137 cm³/mol. The molecule has 4 amide bonds. The van der Waals surface area contributed by atoms with Gasteiger partial charge in [0.2, 0.25) is 0 Å². The summed E-state index contributed by atoms with van der Waals surface area (Å²) in [7, 11) is 0. The van der Waals surface area contributed by atoms with Crippen LogP contribution in [0.2, 0.25) is 5.02 Å². The highest BCUT2D eigenvalue weighted by Gasteiger charge is 2.37. The van der Waals surface area contributed by atoms with E-state index in [0.717, 1.165) is 32.5 Å². The number of para-hydroxylation sites is 1. The minimum absolute atomic E-state index is 0.107. The Hall–Kier alpha value is -4.16. The van der Waals surface area contributed by atoms with Crippen molar-refractivity contribution in [2.75, 3.05) is 4.90 Å². The average molecular weight is 484 g/mol. The number of aromatic nitrogens is 1. The highest BCUT2D eigenvalue weighted by molar-refractivity contribution is 6.39. The third kappa shape index (κ3) is 4.24. The second kappa shape index (κ2) is 8.89. The van der Waals surface area contributed by atoms with Crippen LogP contribution in [0.25, 0.3) is 17.0 Å². The number of aryl methyl sites for hydroxylation is 2. The minimum atomic E-state index is -0.761. The van der Waals surface area contributed by atoms with Crippen LogP contribution < -0.4 is 10.2 Å². The van der Waals surface area contributed by atoms with Crippen LogP contribution in [0.1, 0.15) is 22.3 Å². The first kappa shape index (κ1) is 22.6. The highest BCUT2D eigenvalue weighted by atomic mass is 35.5. The molecule has 2 heterocycles. The van der Waals surface area contributed by atoms with Crippen molar-refractivity contribution in [1.82, 2.24) is 9.88 Å².